The van der Waals surface area contributed by atoms with E-state index in [0.29, 0.717) is 79.7 Å². The summed E-state index contributed by atoms with van der Waals surface area (Å²) < 4.78 is 41.7. The third-order valence-electron chi connectivity index (χ3n) is 8.49. The Morgan fingerprint density at radius 3 is 1.91 bits per heavy atom. The van der Waals surface area contributed by atoms with Gasteiger partial charge < -0.3 is 30.9 Å². The molecule has 234 valence electrons. The maximum Gasteiger partial charge on any atom is 0.249 e. The normalized spacial score (nSPS) is 21.1. The van der Waals surface area contributed by atoms with E-state index in [9.17, 15) is 0 Å². The minimum atomic E-state index is -0.769. The molecule has 1 unspecified atom stereocenters. The predicted octanol–water partition coefficient (Wildman–Crippen LogP) is 7.07. The van der Waals surface area contributed by atoms with Crippen LogP contribution in [-0.4, -0.2) is 45.7 Å². The Hall–Kier alpha value is -5.51. The fourth-order valence-corrected chi connectivity index (χ4v) is 6.85. The molecular weight excluding hydrogens is 628 g/mol. The van der Waals surface area contributed by atoms with E-state index in [1.165, 1.54) is 30.6 Å². The van der Waals surface area contributed by atoms with E-state index in [2.05, 4.69) is 31.8 Å². The number of rotatable bonds is 1. The molecule has 2 aliphatic heterocycles. The molecule has 15 nitrogen and oxygen atoms in total. The van der Waals surface area contributed by atoms with Crippen molar-refractivity contribution >= 4 is 16.8 Å². The molecule has 7 aromatic rings. The van der Waals surface area contributed by atoms with Gasteiger partial charge in [0, 0.05) is 11.7 Å². The van der Waals surface area contributed by atoms with Gasteiger partial charge in [0.2, 0.25) is 41.2 Å². The molecule has 9 heterocycles. The van der Waals surface area contributed by atoms with Crippen LogP contribution < -0.4 is 0 Å². The second-order valence-corrected chi connectivity index (χ2v) is 13.0. The molecule has 0 radical (unpaired) electrons. The third kappa shape index (κ3) is 4.06. The van der Waals surface area contributed by atoms with Gasteiger partial charge in [-0.25, -0.2) is 34.9 Å². The first-order valence-corrected chi connectivity index (χ1v) is 15.8. The van der Waals surface area contributed by atoms with Gasteiger partial charge in [0.25, 0.3) is 0 Å². The van der Waals surface area contributed by atoms with Crippen molar-refractivity contribution in [1.29, 1.82) is 0 Å². The SMILES string of the molecule is Cc1oc2nc1-c1nc(co1)-c1nc(co1)-c1nc(c([C@H]3CC3C)o1)-c1nc(co1)-c1nc(co1)C1=N[C@](C)(CS1)c1nc-2c(C)o1. The van der Waals surface area contributed by atoms with Crippen LogP contribution in [0.5, 0.6) is 0 Å². The van der Waals surface area contributed by atoms with E-state index in [-0.39, 0.29) is 41.3 Å². The van der Waals surface area contributed by atoms with Gasteiger partial charge >= 0.3 is 0 Å². The molecule has 47 heavy (non-hydrogen) atoms. The van der Waals surface area contributed by atoms with Crippen LogP contribution in [0.15, 0.2) is 61.0 Å². The van der Waals surface area contributed by atoms with E-state index >= 15 is 0 Å². The van der Waals surface area contributed by atoms with Crippen LogP contribution in [0.3, 0.4) is 0 Å². The van der Waals surface area contributed by atoms with E-state index in [4.69, 9.17) is 45.9 Å². The van der Waals surface area contributed by atoms with E-state index < -0.39 is 5.54 Å². The molecule has 0 saturated heterocycles. The molecule has 16 bridgehead atoms. The molecule has 1 saturated carbocycles. The molecule has 0 spiro atoms. The molecule has 1 fully saturated rings. The topological polar surface area (TPSA) is 195 Å². The summed E-state index contributed by atoms with van der Waals surface area (Å²) in [6.45, 7) is 7.68. The first kappa shape index (κ1) is 26.7. The molecule has 1 aliphatic carbocycles. The number of aryl methyl sites for hydroxylation is 2. The largest absolute Gasteiger partial charge is 0.442 e. The molecule has 7 aromatic heterocycles. The summed E-state index contributed by atoms with van der Waals surface area (Å²) in [4.78, 5) is 37.6. The van der Waals surface area contributed by atoms with Crippen LogP contribution in [0.4, 0.5) is 0 Å². The van der Waals surface area contributed by atoms with Gasteiger partial charge in [-0.05, 0) is 33.1 Å². The Morgan fingerprint density at radius 2 is 1.19 bits per heavy atom. The Balaban J connectivity index is 1.13. The Labute approximate surface area is 268 Å². The van der Waals surface area contributed by atoms with Crippen LogP contribution in [-0.2, 0) is 5.54 Å². The highest BCUT2D eigenvalue weighted by atomic mass is 32.2. The van der Waals surface area contributed by atoms with Crippen molar-refractivity contribution < 1.29 is 30.9 Å². The zero-order valence-corrected chi connectivity index (χ0v) is 26.0. The zero-order valence-electron chi connectivity index (χ0n) is 25.2. The summed E-state index contributed by atoms with van der Waals surface area (Å²) in [5, 5.41) is 0.685. The number of thioether (sulfide) groups is 1. The zero-order chi connectivity index (χ0) is 31.6. The van der Waals surface area contributed by atoms with Gasteiger partial charge in [0.05, 0.1) is 0 Å². The average molecular weight is 651 g/mol. The molecule has 0 N–H and O–H groups in total. The monoisotopic (exact) mass is 650 g/mol. The minimum absolute atomic E-state index is 0.174. The van der Waals surface area contributed by atoms with Gasteiger partial charge in [-0.1, -0.05) is 6.92 Å². The molecule has 16 heteroatoms. The maximum absolute atomic E-state index is 6.27. The quantitative estimate of drug-likeness (QED) is 0.175. The van der Waals surface area contributed by atoms with Crippen molar-refractivity contribution in [3.05, 3.63) is 53.9 Å². The summed E-state index contributed by atoms with van der Waals surface area (Å²) >= 11 is 1.53. The smallest absolute Gasteiger partial charge is 0.249 e. The average Bonchev–Trinajstić information content (AvgIpc) is 3.85. The number of aliphatic imine (C=N–C) groups is 1. The molecule has 0 aromatic carbocycles. The maximum atomic E-state index is 6.27. The number of hydrogen-bond acceptors (Lipinski definition) is 16. The Kier molecular flexibility index (Phi) is 5.27. The van der Waals surface area contributed by atoms with Gasteiger partial charge in [-0.3, -0.25) is 4.99 Å². The summed E-state index contributed by atoms with van der Waals surface area (Å²) in [6.07, 6.45) is 6.88. The lowest BCUT2D eigenvalue weighted by Gasteiger charge is -2.14. The van der Waals surface area contributed by atoms with Gasteiger partial charge in [0.15, 0.2) is 34.2 Å². The Bertz CT molecular complexity index is 2400. The number of fused-ring (bicyclic) bond motifs is 23. The van der Waals surface area contributed by atoms with Gasteiger partial charge in [0.1, 0.15) is 58.6 Å². The number of hydrogen-bond donors (Lipinski definition) is 0. The first-order chi connectivity index (χ1) is 22.8. The van der Waals surface area contributed by atoms with Crippen molar-refractivity contribution in [2.75, 3.05) is 5.75 Å². The van der Waals surface area contributed by atoms with Crippen molar-refractivity contribution in [3.63, 3.8) is 0 Å². The van der Waals surface area contributed by atoms with Gasteiger partial charge in [-0.15, -0.1) is 11.8 Å². The van der Waals surface area contributed by atoms with Crippen molar-refractivity contribution in [3.8, 4) is 69.5 Å². The van der Waals surface area contributed by atoms with Crippen LogP contribution >= 0.6 is 11.8 Å². The molecule has 10 rings (SSSR count). The van der Waals surface area contributed by atoms with E-state index in [1.54, 1.807) is 20.1 Å². The standard InChI is InChI=1S/C31H22N8O7S/c1-11-5-14(11)22-21-27-34-16(7-43-27)24-35-18(9-41-24)29-39-31(4,10-47-29)30-38-20(13(3)45-30)28-36-19(12(2)44-28)26-33-15(6-42-26)23-32-17(8-40-23)25(37-21)46-22/h6-9,11,14H,5,10H2,1-4H3/t11?,14-,31+/m0/s1. The van der Waals surface area contributed by atoms with Crippen molar-refractivity contribution in [2.24, 2.45) is 10.9 Å². The van der Waals surface area contributed by atoms with E-state index in [1.807, 2.05) is 6.92 Å². The fourth-order valence-electron chi connectivity index (χ4n) is 5.73. The van der Waals surface area contributed by atoms with Gasteiger partial charge in [-0.2, -0.15) is 0 Å². The summed E-state index contributed by atoms with van der Waals surface area (Å²) in [5.41, 5.74) is 2.29. The lowest BCUT2D eigenvalue weighted by molar-refractivity contribution is 0.377. The lowest BCUT2D eigenvalue weighted by atomic mass is 10.1. The first-order valence-electron chi connectivity index (χ1n) is 14.8. The van der Waals surface area contributed by atoms with Crippen LogP contribution in [0.1, 0.15) is 55.1 Å². The number of nitrogens with zero attached hydrogens (tertiary/aromatic N) is 8. The lowest BCUT2D eigenvalue weighted by Crippen LogP contribution is -2.19. The van der Waals surface area contributed by atoms with Crippen LogP contribution in [0, 0.1) is 19.8 Å². The van der Waals surface area contributed by atoms with Crippen LogP contribution in [0.25, 0.3) is 69.5 Å². The van der Waals surface area contributed by atoms with Crippen LogP contribution in [0.2, 0.25) is 0 Å². The summed E-state index contributed by atoms with van der Waals surface area (Å²) in [7, 11) is 0. The van der Waals surface area contributed by atoms with Crippen molar-refractivity contribution in [1.82, 2.24) is 34.9 Å². The fraction of sp³-hybridized carbons (Fsp3) is 0.290. The third-order valence-corrected chi connectivity index (χ3v) is 9.77. The molecule has 3 aliphatic rings. The second kappa shape index (κ2) is 9.28. The highest BCUT2D eigenvalue weighted by molar-refractivity contribution is 8.14. The van der Waals surface area contributed by atoms with E-state index in [0.717, 1.165) is 6.42 Å². The highest BCUT2D eigenvalue weighted by Gasteiger charge is 2.42. The highest BCUT2D eigenvalue weighted by Crippen LogP contribution is 2.51. The Morgan fingerprint density at radius 1 is 0.638 bits per heavy atom. The molecule has 0 amide bonds. The predicted molar refractivity (Wildman–Crippen MR) is 162 cm³/mol. The number of aromatic nitrogens is 7. The van der Waals surface area contributed by atoms with Crippen molar-refractivity contribution in [2.45, 2.75) is 45.6 Å². The molecule has 3 atom stereocenters. The summed E-state index contributed by atoms with van der Waals surface area (Å²) in [6, 6.07) is 0. The summed E-state index contributed by atoms with van der Waals surface area (Å²) in [5.74, 6) is 4.83. The second-order valence-electron chi connectivity index (χ2n) is 12.0. The minimum Gasteiger partial charge on any atom is -0.442 e. The number of oxazole rings is 7. The molecular formula is C31H22N8O7S.